The monoisotopic (exact) mass is 322 g/mol. The number of anilines is 1. The van der Waals surface area contributed by atoms with E-state index in [2.05, 4.69) is 5.32 Å². The van der Waals surface area contributed by atoms with Crippen molar-refractivity contribution in [3.63, 3.8) is 0 Å². The summed E-state index contributed by atoms with van der Waals surface area (Å²) in [7, 11) is 1.92. The highest BCUT2D eigenvalue weighted by molar-refractivity contribution is 6.03. The summed E-state index contributed by atoms with van der Waals surface area (Å²) in [6.07, 6.45) is 0. The van der Waals surface area contributed by atoms with Gasteiger partial charge in [-0.3, -0.25) is 9.69 Å². The van der Waals surface area contributed by atoms with Crippen molar-refractivity contribution in [1.29, 1.82) is 0 Å². The third-order valence-corrected chi connectivity index (χ3v) is 4.29. The molecule has 1 heterocycles. The van der Waals surface area contributed by atoms with Gasteiger partial charge in [0.2, 0.25) is 5.91 Å². The van der Waals surface area contributed by atoms with Crippen LogP contribution in [0.2, 0.25) is 0 Å². The average Bonchev–Trinajstić information content (AvgIpc) is 2.99. The van der Waals surface area contributed by atoms with Gasteiger partial charge in [0.1, 0.15) is 11.5 Å². The summed E-state index contributed by atoms with van der Waals surface area (Å²) >= 11 is 0. The lowest BCUT2D eigenvalue weighted by Crippen LogP contribution is -2.39. The Morgan fingerprint density at radius 3 is 2.62 bits per heavy atom. The van der Waals surface area contributed by atoms with E-state index in [1.807, 2.05) is 80.4 Å². The van der Waals surface area contributed by atoms with E-state index < -0.39 is 0 Å². The lowest BCUT2D eigenvalue weighted by molar-refractivity contribution is -0.120. The molecule has 3 aromatic rings. The fourth-order valence-corrected chi connectivity index (χ4v) is 2.72. The summed E-state index contributed by atoms with van der Waals surface area (Å²) in [5, 5.41) is 5.20. The fraction of sp³-hybridized carbons (Fsp3) is 0.250. The summed E-state index contributed by atoms with van der Waals surface area (Å²) in [4.78, 5) is 14.6. The van der Waals surface area contributed by atoms with E-state index in [1.54, 1.807) is 0 Å². The zero-order valence-electron chi connectivity index (χ0n) is 14.2. The first kappa shape index (κ1) is 16.3. The van der Waals surface area contributed by atoms with Crippen LogP contribution in [0.4, 0.5) is 5.69 Å². The number of furan rings is 1. The Bertz CT molecular complexity index is 848. The molecule has 4 nitrogen and oxygen atoms in total. The van der Waals surface area contributed by atoms with Crippen molar-refractivity contribution >= 4 is 22.4 Å². The number of hydrogen-bond acceptors (Lipinski definition) is 3. The SMILES string of the molecule is Cc1ccc(CN(C)[C@@H](C)C(=O)Nc2cccc3ccccc23)o1. The number of aryl methyl sites for hydroxylation is 1. The second kappa shape index (κ2) is 6.89. The number of benzene rings is 2. The lowest BCUT2D eigenvalue weighted by Gasteiger charge is -2.23. The molecule has 0 aliphatic rings. The number of rotatable bonds is 5. The van der Waals surface area contributed by atoms with E-state index >= 15 is 0 Å². The molecule has 0 saturated heterocycles. The normalized spacial score (nSPS) is 12.5. The maximum absolute atomic E-state index is 12.6. The van der Waals surface area contributed by atoms with Crippen LogP contribution in [0.5, 0.6) is 0 Å². The van der Waals surface area contributed by atoms with Gasteiger partial charge in [-0.05, 0) is 44.5 Å². The minimum atomic E-state index is -0.269. The summed E-state index contributed by atoms with van der Waals surface area (Å²) in [6, 6.07) is 17.6. The Morgan fingerprint density at radius 2 is 1.88 bits per heavy atom. The third kappa shape index (κ3) is 3.49. The van der Waals surface area contributed by atoms with Crippen LogP contribution in [0, 0.1) is 6.92 Å². The first-order valence-electron chi connectivity index (χ1n) is 8.09. The van der Waals surface area contributed by atoms with Crippen molar-refractivity contribution in [2.45, 2.75) is 26.4 Å². The molecule has 1 atom stereocenters. The molecule has 0 radical (unpaired) electrons. The molecule has 4 heteroatoms. The second-order valence-electron chi connectivity index (χ2n) is 6.12. The molecular formula is C20H22N2O2. The quantitative estimate of drug-likeness (QED) is 0.766. The number of carbonyl (C=O) groups excluding carboxylic acids is 1. The number of likely N-dealkylation sites (N-methyl/N-ethyl adjacent to an activating group) is 1. The van der Waals surface area contributed by atoms with Crippen LogP contribution in [-0.2, 0) is 11.3 Å². The predicted molar refractivity (Wildman–Crippen MR) is 97.0 cm³/mol. The van der Waals surface area contributed by atoms with Gasteiger partial charge in [0.25, 0.3) is 0 Å². The van der Waals surface area contributed by atoms with Gasteiger partial charge < -0.3 is 9.73 Å². The van der Waals surface area contributed by atoms with Gasteiger partial charge in [-0.1, -0.05) is 36.4 Å². The van der Waals surface area contributed by atoms with Gasteiger partial charge in [0, 0.05) is 11.1 Å². The van der Waals surface area contributed by atoms with Gasteiger partial charge in [0.05, 0.1) is 12.6 Å². The Hall–Kier alpha value is -2.59. The lowest BCUT2D eigenvalue weighted by atomic mass is 10.1. The Balaban J connectivity index is 1.71. The first-order valence-corrected chi connectivity index (χ1v) is 8.09. The maximum Gasteiger partial charge on any atom is 0.241 e. The highest BCUT2D eigenvalue weighted by Crippen LogP contribution is 2.23. The Labute approximate surface area is 142 Å². The molecule has 124 valence electrons. The fourth-order valence-electron chi connectivity index (χ4n) is 2.72. The zero-order valence-corrected chi connectivity index (χ0v) is 14.2. The Kier molecular flexibility index (Phi) is 4.67. The molecule has 1 aromatic heterocycles. The standard InChI is InChI=1S/C20H22N2O2/c1-14-11-12-17(24-14)13-22(3)15(2)20(23)21-19-10-6-8-16-7-4-5-9-18(16)19/h4-12,15H,13H2,1-3H3,(H,21,23)/t15-/m0/s1. The number of nitrogens with one attached hydrogen (secondary N) is 1. The topological polar surface area (TPSA) is 45.5 Å². The van der Waals surface area contributed by atoms with Crippen LogP contribution >= 0.6 is 0 Å². The molecule has 1 amide bonds. The molecule has 0 saturated carbocycles. The van der Waals surface area contributed by atoms with Gasteiger partial charge in [0.15, 0.2) is 0 Å². The first-order chi connectivity index (χ1) is 11.5. The summed E-state index contributed by atoms with van der Waals surface area (Å²) in [6.45, 7) is 4.41. The number of amides is 1. The highest BCUT2D eigenvalue weighted by Gasteiger charge is 2.19. The molecule has 1 N–H and O–H groups in total. The number of hydrogen-bond donors (Lipinski definition) is 1. The van der Waals surface area contributed by atoms with E-state index in [1.165, 1.54) is 0 Å². The maximum atomic E-state index is 12.6. The van der Waals surface area contributed by atoms with Crippen LogP contribution in [-0.4, -0.2) is 23.9 Å². The average molecular weight is 322 g/mol. The summed E-state index contributed by atoms with van der Waals surface area (Å²) < 4.78 is 5.59. The Morgan fingerprint density at radius 1 is 1.12 bits per heavy atom. The molecule has 0 unspecified atom stereocenters. The number of fused-ring (bicyclic) bond motifs is 1. The summed E-state index contributed by atoms with van der Waals surface area (Å²) in [5.41, 5.74) is 0.840. The van der Waals surface area contributed by atoms with Crippen molar-refractivity contribution in [1.82, 2.24) is 4.90 Å². The third-order valence-electron chi connectivity index (χ3n) is 4.29. The van der Waals surface area contributed by atoms with Gasteiger partial charge >= 0.3 is 0 Å². The van der Waals surface area contributed by atoms with Gasteiger partial charge in [-0.2, -0.15) is 0 Å². The molecular weight excluding hydrogens is 300 g/mol. The van der Waals surface area contributed by atoms with Crippen molar-refractivity contribution in [3.8, 4) is 0 Å². The van der Waals surface area contributed by atoms with E-state index in [-0.39, 0.29) is 11.9 Å². The van der Waals surface area contributed by atoms with E-state index in [4.69, 9.17) is 4.42 Å². The van der Waals surface area contributed by atoms with E-state index in [0.717, 1.165) is 28.0 Å². The molecule has 0 aliphatic carbocycles. The molecule has 0 bridgehead atoms. The molecule has 0 fully saturated rings. The second-order valence-corrected chi connectivity index (χ2v) is 6.12. The smallest absolute Gasteiger partial charge is 0.241 e. The van der Waals surface area contributed by atoms with Gasteiger partial charge in [-0.15, -0.1) is 0 Å². The molecule has 3 rings (SSSR count). The molecule has 0 spiro atoms. The van der Waals surface area contributed by atoms with Crippen LogP contribution in [0.1, 0.15) is 18.4 Å². The van der Waals surface area contributed by atoms with Crippen LogP contribution in [0.25, 0.3) is 10.8 Å². The van der Waals surface area contributed by atoms with Crippen LogP contribution in [0.3, 0.4) is 0 Å². The van der Waals surface area contributed by atoms with Crippen molar-refractivity contribution in [2.75, 3.05) is 12.4 Å². The number of nitrogens with zero attached hydrogens (tertiary/aromatic N) is 1. The minimum Gasteiger partial charge on any atom is -0.465 e. The van der Waals surface area contributed by atoms with Crippen molar-refractivity contribution < 1.29 is 9.21 Å². The molecule has 2 aromatic carbocycles. The molecule has 0 aliphatic heterocycles. The predicted octanol–water partition coefficient (Wildman–Crippen LogP) is 4.20. The van der Waals surface area contributed by atoms with Crippen molar-refractivity contribution in [3.05, 3.63) is 66.1 Å². The highest BCUT2D eigenvalue weighted by atomic mass is 16.3. The van der Waals surface area contributed by atoms with E-state index in [0.29, 0.717) is 6.54 Å². The van der Waals surface area contributed by atoms with E-state index in [9.17, 15) is 4.79 Å². The van der Waals surface area contributed by atoms with Crippen molar-refractivity contribution in [2.24, 2.45) is 0 Å². The van der Waals surface area contributed by atoms with Crippen LogP contribution < -0.4 is 5.32 Å². The summed E-state index contributed by atoms with van der Waals surface area (Å²) in [5.74, 6) is 1.71. The molecule has 24 heavy (non-hydrogen) atoms. The minimum absolute atomic E-state index is 0.0304. The zero-order chi connectivity index (χ0) is 17.1. The largest absolute Gasteiger partial charge is 0.465 e. The number of carbonyl (C=O) groups is 1. The van der Waals surface area contributed by atoms with Gasteiger partial charge in [-0.25, -0.2) is 0 Å². The van der Waals surface area contributed by atoms with Crippen LogP contribution in [0.15, 0.2) is 59.0 Å².